The standard InChI is InChI=1S/C14H13N5O2S2/c1-15-14(22)18-17-9-10-8-11(19(20)21)5-6-12(10)23-13-4-2-3-7-16-13/h2-9H,1H3,(H2,15,18,22)/b17-9+. The van der Waals surface area contributed by atoms with Gasteiger partial charge in [-0.2, -0.15) is 5.10 Å². The third-order valence-corrected chi connectivity index (χ3v) is 3.99. The van der Waals surface area contributed by atoms with Crippen LogP contribution in [-0.2, 0) is 0 Å². The van der Waals surface area contributed by atoms with Crippen LogP contribution in [0.15, 0.2) is 57.6 Å². The van der Waals surface area contributed by atoms with Crippen molar-refractivity contribution < 1.29 is 4.92 Å². The SMILES string of the molecule is CNC(=S)N/N=C/c1cc([N+](=O)[O-])ccc1Sc1ccccn1. The van der Waals surface area contributed by atoms with Gasteiger partial charge in [0.2, 0.25) is 0 Å². The Morgan fingerprint density at radius 1 is 1.43 bits per heavy atom. The molecule has 0 unspecified atom stereocenters. The molecule has 0 spiro atoms. The van der Waals surface area contributed by atoms with Gasteiger partial charge in [0, 0.05) is 35.8 Å². The molecule has 118 valence electrons. The topological polar surface area (TPSA) is 92.5 Å². The van der Waals surface area contributed by atoms with Crippen LogP contribution in [0, 0.1) is 10.1 Å². The van der Waals surface area contributed by atoms with Crippen molar-refractivity contribution >= 4 is 41.0 Å². The molecule has 2 aromatic rings. The largest absolute Gasteiger partial charge is 0.364 e. The van der Waals surface area contributed by atoms with Crippen LogP contribution in [-0.4, -0.2) is 28.3 Å². The molecule has 0 atom stereocenters. The summed E-state index contributed by atoms with van der Waals surface area (Å²) in [4.78, 5) is 15.5. The fourth-order valence-electron chi connectivity index (χ4n) is 1.58. The van der Waals surface area contributed by atoms with E-state index in [4.69, 9.17) is 12.2 Å². The maximum atomic E-state index is 10.9. The first-order chi connectivity index (χ1) is 11.1. The van der Waals surface area contributed by atoms with E-state index in [1.165, 1.54) is 30.1 Å². The number of pyridine rings is 1. The summed E-state index contributed by atoms with van der Waals surface area (Å²) in [5.74, 6) is 0. The lowest BCUT2D eigenvalue weighted by atomic mass is 10.2. The highest BCUT2D eigenvalue weighted by atomic mass is 32.2. The smallest absolute Gasteiger partial charge is 0.270 e. The summed E-state index contributed by atoms with van der Waals surface area (Å²) >= 11 is 6.31. The Kier molecular flexibility index (Phi) is 6.01. The first-order valence-corrected chi connectivity index (χ1v) is 7.70. The normalized spacial score (nSPS) is 10.5. The van der Waals surface area contributed by atoms with Crippen LogP contribution in [0.5, 0.6) is 0 Å². The molecular formula is C14H13N5O2S2. The lowest BCUT2D eigenvalue weighted by molar-refractivity contribution is -0.384. The van der Waals surface area contributed by atoms with E-state index >= 15 is 0 Å². The summed E-state index contributed by atoms with van der Waals surface area (Å²) in [6.07, 6.45) is 3.18. The average molecular weight is 347 g/mol. The zero-order chi connectivity index (χ0) is 16.7. The molecule has 0 saturated carbocycles. The second-order valence-corrected chi connectivity index (χ2v) is 5.67. The summed E-state index contributed by atoms with van der Waals surface area (Å²) in [6.45, 7) is 0. The highest BCUT2D eigenvalue weighted by molar-refractivity contribution is 7.99. The van der Waals surface area contributed by atoms with Crippen molar-refractivity contribution in [3.63, 3.8) is 0 Å². The van der Waals surface area contributed by atoms with Gasteiger partial charge in [0.05, 0.1) is 11.1 Å². The molecule has 0 radical (unpaired) electrons. The van der Waals surface area contributed by atoms with Gasteiger partial charge in [-0.1, -0.05) is 17.8 Å². The number of rotatable bonds is 5. The Hall–Kier alpha value is -2.52. The number of nitrogens with zero attached hydrogens (tertiary/aromatic N) is 3. The van der Waals surface area contributed by atoms with Gasteiger partial charge < -0.3 is 5.32 Å². The third-order valence-electron chi connectivity index (χ3n) is 2.65. The van der Waals surface area contributed by atoms with Crippen molar-refractivity contribution in [1.82, 2.24) is 15.7 Å². The second-order valence-electron chi connectivity index (χ2n) is 4.20. The highest BCUT2D eigenvalue weighted by Crippen LogP contribution is 2.30. The maximum absolute atomic E-state index is 10.9. The number of nitrogens with one attached hydrogen (secondary N) is 2. The molecule has 0 bridgehead atoms. The van der Waals surface area contributed by atoms with Crippen molar-refractivity contribution in [2.24, 2.45) is 5.10 Å². The number of nitro benzene ring substituents is 1. The van der Waals surface area contributed by atoms with Gasteiger partial charge in [-0.3, -0.25) is 15.5 Å². The molecule has 2 N–H and O–H groups in total. The first kappa shape index (κ1) is 16.8. The van der Waals surface area contributed by atoms with Crippen molar-refractivity contribution in [2.45, 2.75) is 9.92 Å². The van der Waals surface area contributed by atoms with E-state index in [-0.39, 0.29) is 5.69 Å². The highest BCUT2D eigenvalue weighted by Gasteiger charge is 2.11. The van der Waals surface area contributed by atoms with E-state index < -0.39 is 4.92 Å². The molecule has 23 heavy (non-hydrogen) atoms. The number of hydrogen-bond acceptors (Lipinski definition) is 6. The summed E-state index contributed by atoms with van der Waals surface area (Å²) in [5.41, 5.74) is 3.21. The Labute approximate surface area is 142 Å². The average Bonchev–Trinajstić information content (AvgIpc) is 2.56. The molecular weight excluding hydrogens is 334 g/mol. The van der Waals surface area contributed by atoms with Gasteiger partial charge in [0.1, 0.15) is 5.03 Å². The van der Waals surface area contributed by atoms with Gasteiger partial charge in [0.15, 0.2) is 5.11 Å². The molecule has 9 heteroatoms. The van der Waals surface area contributed by atoms with Gasteiger partial charge in [0.25, 0.3) is 5.69 Å². The molecule has 0 aliphatic carbocycles. The lowest BCUT2D eigenvalue weighted by Gasteiger charge is -2.05. The maximum Gasteiger partial charge on any atom is 0.270 e. The number of hydrazone groups is 1. The predicted octanol–water partition coefficient (Wildman–Crippen LogP) is 2.57. The molecule has 0 fully saturated rings. The Morgan fingerprint density at radius 2 is 2.26 bits per heavy atom. The van der Waals surface area contributed by atoms with Crippen molar-refractivity contribution in [1.29, 1.82) is 0 Å². The van der Waals surface area contributed by atoms with Gasteiger partial charge in [-0.15, -0.1) is 0 Å². The summed E-state index contributed by atoms with van der Waals surface area (Å²) in [6, 6.07) is 10.1. The molecule has 0 saturated heterocycles. The number of non-ortho nitro benzene ring substituents is 1. The van der Waals surface area contributed by atoms with E-state index in [0.29, 0.717) is 10.7 Å². The molecule has 1 heterocycles. The van der Waals surface area contributed by atoms with Gasteiger partial charge in [-0.25, -0.2) is 4.98 Å². The minimum Gasteiger partial charge on any atom is -0.364 e. The van der Waals surface area contributed by atoms with Crippen LogP contribution in [0.3, 0.4) is 0 Å². The number of nitro groups is 1. The quantitative estimate of drug-likeness (QED) is 0.372. The molecule has 0 amide bonds. The van der Waals surface area contributed by atoms with Gasteiger partial charge in [-0.05, 0) is 30.4 Å². The fourth-order valence-corrected chi connectivity index (χ4v) is 2.48. The number of aromatic nitrogens is 1. The van der Waals surface area contributed by atoms with Crippen LogP contribution in [0.25, 0.3) is 0 Å². The number of benzene rings is 1. The van der Waals surface area contributed by atoms with E-state index in [0.717, 1.165) is 9.92 Å². The molecule has 0 aliphatic rings. The zero-order valence-electron chi connectivity index (χ0n) is 12.1. The van der Waals surface area contributed by atoms with E-state index in [1.54, 1.807) is 19.3 Å². The first-order valence-electron chi connectivity index (χ1n) is 6.48. The Bertz CT molecular complexity index is 737. The minimum atomic E-state index is -0.446. The van der Waals surface area contributed by atoms with Crippen LogP contribution >= 0.6 is 24.0 Å². The second kappa shape index (κ2) is 8.20. The minimum absolute atomic E-state index is 0.00647. The summed E-state index contributed by atoms with van der Waals surface area (Å²) < 4.78 is 0. The fraction of sp³-hybridized carbons (Fsp3) is 0.0714. The van der Waals surface area contributed by atoms with Gasteiger partial charge >= 0.3 is 0 Å². The van der Waals surface area contributed by atoms with Crippen molar-refractivity contribution in [3.8, 4) is 0 Å². The summed E-state index contributed by atoms with van der Waals surface area (Å²) in [5, 5.41) is 18.8. The number of hydrogen-bond donors (Lipinski definition) is 2. The van der Waals surface area contributed by atoms with Crippen LogP contribution in [0.2, 0.25) is 0 Å². The van der Waals surface area contributed by atoms with Crippen LogP contribution < -0.4 is 10.7 Å². The lowest BCUT2D eigenvalue weighted by Crippen LogP contribution is -2.28. The third kappa shape index (κ3) is 5.01. The predicted molar refractivity (Wildman–Crippen MR) is 93.8 cm³/mol. The molecule has 0 aliphatic heterocycles. The van der Waals surface area contributed by atoms with Crippen LogP contribution in [0.4, 0.5) is 5.69 Å². The molecule has 7 nitrogen and oxygen atoms in total. The van der Waals surface area contributed by atoms with E-state index in [2.05, 4.69) is 20.8 Å². The Balaban J connectivity index is 2.29. The molecule has 1 aromatic heterocycles. The Morgan fingerprint density at radius 3 is 2.91 bits per heavy atom. The van der Waals surface area contributed by atoms with E-state index in [9.17, 15) is 10.1 Å². The van der Waals surface area contributed by atoms with E-state index in [1.807, 2.05) is 18.2 Å². The summed E-state index contributed by atoms with van der Waals surface area (Å²) in [7, 11) is 1.67. The zero-order valence-corrected chi connectivity index (χ0v) is 13.7. The number of thiocarbonyl (C=S) groups is 1. The van der Waals surface area contributed by atoms with Crippen LogP contribution in [0.1, 0.15) is 5.56 Å². The van der Waals surface area contributed by atoms with Crippen molar-refractivity contribution in [3.05, 3.63) is 58.3 Å². The molecule has 2 rings (SSSR count). The molecule has 1 aromatic carbocycles. The van der Waals surface area contributed by atoms with Crippen molar-refractivity contribution in [2.75, 3.05) is 7.05 Å². The monoisotopic (exact) mass is 347 g/mol.